The van der Waals surface area contributed by atoms with Gasteiger partial charge in [0.2, 0.25) is 5.91 Å². The number of unbranched alkanes of at least 4 members (excludes halogenated alkanes) is 1. The molecule has 1 aliphatic heterocycles. The van der Waals surface area contributed by atoms with Crippen LogP contribution in [-0.4, -0.2) is 91.7 Å². The molecule has 2 heterocycles. The molecule has 9 nitrogen and oxygen atoms in total. The molecule has 36 heavy (non-hydrogen) atoms. The smallest absolute Gasteiger partial charge is 0.326 e. The molecule has 1 aromatic rings. The summed E-state index contributed by atoms with van der Waals surface area (Å²) in [6, 6.07) is 3.19. The van der Waals surface area contributed by atoms with Gasteiger partial charge in [0.25, 0.3) is 0 Å². The number of hydrogen-bond acceptors (Lipinski definition) is 7. The van der Waals surface area contributed by atoms with Gasteiger partial charge in [-0.2, -0.15) is 0 Å². The molecule has 0 aliphatic carbocycles. The molecular weight excluding hydrogens is 467 g/mol. The van der Waals surface area contributed by atoms with E-state index in [0.29, 0.717) is 19.6 Å². The molecule has 2 unspecified atom stereocenters. The first-order valence-corrected chi connectivity index (χ1v) is 12.8. The van der Waals surface area contributed by atoms with Crippen LogP contribution in [0.3, 0.4) is 0 Å². The average Bonchev–Trinajstić information content (AvgIpc) is 2.86. The molecule has 0 saturated carbocycles. The number of nitrogens with one attached hydrogen (secondary N) is 2. The van der Waals surface area contributed by atoms with E-state index in [0.717, 1.165) is 50.2 Å². The summed E-state index contributed by atoms with van der Waals surface area (Å²) >= 11 is 0. The number of pyridine rings is 1. The van der Waals surface area contributed by atoms with E-state index in [4.69, 9.17) is 14.5 Å². The lowest BCUT2D eigenvalue weighted by molar-refractivity contribution is -0.143. The number of fused-ring (bicyclic) bond motifs is 1. The number of alkyl halides is 1. The van der Waals surface area contributed by atoms with Crippen LogP contribution in [0.1, 0.15) is 57.2 Å². The van der Waals surface area contributed by atoms with Crippen LogP contribution in [0.4, 0.5) is 10.2 Å². The summed E-state index contributed by atoms with van der Waals surface area (Å²) in [5.74, 6) is -0.493. The van der Waals surface area contributed by atoms with Crippen molar-refractivity contribution < 1.29 is 28.6 Å². The van der Waals surface area contributed by atoms with Crippen molar-refractivity contribution >= 4 is 17.7 Å². The third-order valence-corrected chi connectivity index (χ3v) is 6.58. The van der Waals surface area contributed by atoms with Gasteiger partial charge < -0.3 is 30.1 Å². The highest BCUT2D eigenvalue weighted by atomic mass is 19.1. The summed E-state index contributed by atoms with van der Waals surface area (Å²) in [6.07, 6.45) is 4.44. The fraction of sp³-hybridized carbons (Fsp3) is 0.731. The average molecular weight is 511 g/mol. The van der Waals surface area contributed by atoms with Crippen LogP contribution in [0.2, 0.25) is 0 Å². The molecule has 2 rings (SSSR count). The number of anilines is 1. The summed E-state index contributed by atoms with van der Waals surface area (Å²) in [7, 11) is 2.98. The molecule has 2 atom stereocenters. The van der Waals surface area contributed by atoms with E-state index in [-0.39, 0.29) is 18.7 Å². The van der Waals surface area contributed by atoms with Crippen LogP contribution < -0.4 is 10.6 Å². The van der Waals surface area contributed by atoms with Crippen molar-refractivity contribution in [2.24, 2.45) is 0 Å². The molecule has 0 bridgehead atoms. The number of aryl methyl sites for hydroxylation is 2. The van der Waals surface area contributed by atoms with Gasteiger partial charge in [0.05, 0.1) is 18.1 Å². The number of carboxylic acids is 1. The zero-order chi connectivity index (χ0) is 26.6. The minimum absolute atomic E-state index is 0.0524. The van der Waals surface area contributed by atoms with Crippen molar-refractivity contribution in [2.75, 3.05) is 52.4 Å². The number of halogens is 1. The Balaban J connectivity index is 1.89. The van der Waals surface area contributed by atoms with Gasteiger partial charge in [-0.15, -0.1) is 0 Å². The third kappa shape index (κ3) is 10.4. The number of amides is 1. The predicted octanol–water partition coefficient (Wildman–Crippen LogP) is 2.82. The van der Waals surface area contributed by atoms with E-state index in [1.807, 2.05) is 4.90 Å². The van der Waals surface area contributed by atoms with Crippen molar-refractivity contribution in [3.63, 3.8) is 0 Å². The van der Waals surface area contributed by atoms with Crippen LogP contribution in [0, 0.1) is 0 Å². The van der Waals surface area contributed by atoms with Gasteiger partial charge >= 0.3 is 5.97 Å². The molecule has 1 aromatic heterocycles. The van der Waals surface area contributed by atoms with Crippen molar-refractivity contribution in [2.45, 2.75) is 76.5 Å². The van der Waals surface area contributed by atoms with Crippen molar-refractivity contribution in [3.05, 3.63) is 23.4 Å². The monoisotopic (exact) mass is 510 g/mol. The number of nitrogens with zero attached hydrogens (tertiary/aromatic N) is 2. The summed E-state index contributed by atoms with van der Waals surface area (Å²) in [5.41, 5.74) is 1.62. The topological polar surface area (TPSA) is 113 Å². The second kappa shape index (κ2) is 15.1. The number of hydrogen-bond donors (Lipinski definition) is 3. The third-order valence-electron chi connectivity index (χ3n) is 6.58. The Kier molecular flexibility index (Phi) is 12.5. The number of methoxy groups -OCH3 is 2. The quantitative estimate of drug-likeness (QED) is 0.274. The molecule has 10 heteroatoms. The van der Waals surface area contributed by atoms with Crippen LogP contribution in [0.15, 0.2) is 12.1 Å². The largest absolute Gasteiger partial charge is 0.480 e. The Hall–Kier alpha value is -2.30. The minimum atomic E-state index is -1.10. The normalized spacial score (nSPS) is 15.2. The van der Waals surface area contributed by atoms with E-state index in [1.165, 1.54) is 19.8 Å². The lowest BCUT2D eigenvalue weighted by Crippen LogP contribution is -2.46. The zero-order valence-electron chi connectivity index (χ0n) is 22.1. The highest BCUT2D eigenvalue weighted by Gasteiger charge is 2.26. The number of carbonyl (C=O) groups excluding carboxylic acids is 1. The van der Waals surface area contributed by atoms with Crippen molar-refractivity contribution in [1.82, 2.24) is 15.2 Å². The standard InChI is InChI=1S/C26H43FN4O5/c1-26(2,36-4)16-23(32)30-22(25(33)34)12-15-31(18-21(17-27)35-3)14-6-5-9-20-11-10-19-8-7-13-28-24(19)29-20/h10-11,21-22H,5-9,12-18H2,1-4H3,(H,28,29)(H,30,32)(H,33,34). The van der Waals surface area contributed by atoms with E-state index in [1.54, 1.807) is 13.8 Å². The lowest BCUT2D eigenvalue weighted by Gasteiger charge is -2.27. The molecule has 0 aromatic carbocycles. The maximum Gasteiger partial charge on any atom is 0.326 e. The number of rotatable bonds is 17. The first-order valence-electron chi connectivity index (χ1n) is 12.8. The zero-order valence-corrected chi connectivity index (χ0v) is 22.1. The minimum Gasteiger partial charge on any atom is -0.480 e. The second-order valence-electron chi connectivity index (χ2n) is 10.00. The van der Waals surface area contributed by atoms with Crippen LogP contribution >= 0.6 is 0 Å². The summed E-state index contributed by atoms with van der Waals surface area (Å²) in [4.78, 5) is 30.9. The first kappa shape index (κ1) is 29.9. The van der Waals surface area contributed by atoms with Gasteiger partial charge in [-0.3, -0.25) is 4.79 Å². The number of ether oxygens (including phenoxy) is 2. The number of aromatic nitrogens is 1. The Bertz CT molecular complexity index is 835. The fourth-order valence-corrected chi connectivity index (χ4v) is 4.19. The van der Waals surface area contributed by atoms with Gasteiger partial charge in [0.1, 0.15) is 18.5 Å². The molecule has 0 saturated heterocycles. The van der Waals surface area contributed by atoms with E-state index in [9.17, 15) is 19.1 Å². The SMILES string of the molecule is COC(CF)CN(CCCCc1ccc2c(n1)NCCC2)CCC(NC(=O)CC(C)(C)OC)C(=O)O. The number of carbonyl (C=O) groups is 2. The van der Waals surface area contributed by atoms with Gasteiger partial charge in [0, 0.05) is 39.5 Å². The summed E-state index contributed by atoms with van der Waals surface area (Å²) in [5, 5.41) is 15.6. The van der Waals surface area contributed by atoms with Crippen LogP contribution in [0.25, 0.3) is 0 Å². The van der Waals surface area contributed by atoms with Gasteiger partial charge in [-0.05, 0) is 70.5 Å². The lowest BCUT2D eigenvalue weighted by atomic mass is 10.0. The Labute approximate surface area is 214 Å². The molecule has 1 aliphatic rings. The predicted molar refractivity (Wildman–Crippen MR) is 137 cm³/mol. The maximum absolute atomic E-state index is 13.3. The number of aliphatic carboxylic acids is 1. The fourth-order valence-electron chi connectivity index (χ4n) is 4.19. The molecular formula is C26H43FN4O5. The highest BCUT2D eigenvalue weighted by Crippen LogP contribution is 2.20. The Morgan fingerprint density at radius 1 is 1.28 bits per heavy atom. The Morgan fingerprint density at radius 3 is 2.72 bits per heavy atom. The highest BCUT2D eigenvalue weighted by molar-refractivity contribution is 5.84. The number of carboxylic acid groups (broad SMARTS) is 1. The van der Waals surface area contributed by atoms with E-state index >= 15 is 0 Å². The van der Waals surface area contributed by atoms with Crippen LogP contribution in [-0.2, 0) is 31.9 Å². The van der Waals surface area contributed by atoms with Crippen LogP contribution in [0.5, 0.6) is 0 Å². The van der Waals surface area contributed by atoms with E-state index in [2.05, 4.69) is 22.8 Å². The van der Waals surface area contributed by atoms with Gasteiger partial charge in [0.15, 0.2) is 0 Å². The maximum atomic E-state index is 13.3. The summed E-state index contributed by atoms with van der Waals surface area (Å²) in [6.45, 7) is 5.28. The van der Waals surface area contributed by atoms with Crippen molar-refractivity contribution in [3.8, 4) is 0 Å². The second-order valence-corrected chi connectivity index (χ2v) is 10.00. The first-order chi connectivity index (χ1) is 17.2. The molecule has 0 radical (unpaired) electrons. The van der Waals surface area contributed by atoms with Gasteiger partial charge in [-0.1, -0.05) is 6.07 Å². The van der Waals surface area contributed by atoms with E-state index < -0.39 is 30.4 Å². The molecule has 0 spiro atoms. The molecule has 0 fully saturated rings. The van der Waals surface area contributed by atoms with Crippen molar-refractivity contribution in [1.29, 1.82) is 0 Å². The molecule has 1 amide bonds. The molecule has 204 valence electrons. The summed E-state index contributed by atoms with van der Waals surface area (Å²) < 4.78 is 23.8. The molecule has 3 N–H and O–H groups in total. The van der Waals surface area contributed by atoms with Gasteiger partial charge in [-0.25, -0.2) is 14.2 Å². The Morgan fingerprint density at radius 2 is 2.06 bits per heavy atom.